The summed E-state index contributed by atoms with van der Waals surface area (Å²) in [6.45, 7) is 4.33. The number of aromatic nitrogens is 1. The van der Waals surface area contributed by atoms with Crippen LogP contribution in [0.5, 0.6) is 0 Å². The molecule has 1 saturated heterocycles. The standard InChI is InChI=1S/C17H21ClN4O2/c1-11-3-2-6-22(9-11)15-5-4-12(18)7-13(15)21-17(23)14-10-24-16(8-19)20-14/h4-5,7,10-11H,2-3,6,8-9,19H2,1H3,(H,21,23). The van der Waals surface area contributed by atoms with Crippen molar-refractivity contribution in [3.05, 3.63) is 41.1 Å². The van der Waals surface area contributed by atoms with Gasteiger partial charge in [0.2, 0.25) is 5.89 Å². The van der Waals surface area contributed by atoms with Gasteiger partial charge in [0.25, 0.3) is 5.91 Å². The summed E-state index contributed by atoms with van der Waals surface area (Å²) in [5.41, 5.74) is 7.31. The fourth-order valence-corrected chi connectivity index (χ4v) is 3.16. The molecule has 1 fully saturated rings. The van der Waals surface area contributed by atoms with E-state index in [1.807, 2.05) is 12.1 Å². The molecule has 0 aliphatic carbocycles. The lowest BCUT2D eigenvalue weighted by Gasteiger charge is -2.34. The minimum absolute atomic E-state index is 0.154. The number of piperidine rings is 1. The Balaban J connectivity index is 1.83. The second-order valence-corrected chi connectivity index (χ2v) is 6.58. The Morgan fingerprint density at radius 2 is 2.38 bits per heavy atom. The van der Waals surface area contributed by atoms with Gasteiger partial charge in [0.15, 0.2) is 5.69 Å². The molecule has 1 aromatic heterocycles. The maximum absolute atomic E-state index is 12.4. The highest BCUT2D eigenvalue weighted by Crippen LogP contribution is 2.32. The van der Waals surface area contributed by atoms with Gasteiger partial charge in [0.05, 0.1) is 17.9 Å². The molecule has 24 heavy (non-hydrogen) atoms. The van der Waals surface area contributed by atoms with Gasteiger partial charge >= 0.3 is 0 Å². The quantitative estimate of drug-likeness (QED) is 0.885. The van der Waals surface area contributed by atoms with Crippen LogP contribution in [0.2, 0.25) is 5.02 Å². The first-order valence-corrected chi connectivity index (χ1v) is 8.45. The number of carbonyl (C=O) groups is 1. The number of nitrogens with one attached hydrogen (secondary N) is 1. The van der Waals surface area contributed by atoms with Crippen LogP contribution in [0.15, 0.2) is 28.9 Å². The lowest BCUT2D eigenvalue weighted by molar-refractivity contribution is 0.102. The number of rotatable bonds is 4. The van der Waals surface area contributed by atoms with Crippen molar-refractivity contribution >= 4 is 28.9 Å². The predicted octanol–water partition coefficient (Wildman–Crippen LogP) is 3.28. The molecule has 0 radical (unpaired) electrons. The summed E-state index contributed by atoms with van der Waals surface area (Å²) < 4.78 is 5.12. The maximum Gasteiger partial charge on any atom is 0.277 e. The van der Waals surface area contributed by atoms with Crippen LogP contribution >= 0.6 is 11.6 Å². The summed E-state index contributed by atoms with van der Waals surface area (Å²) in [7, 11) is 0. The van der Waals surface area contributed by atoms with E-state index in [2.05, 4.69) is 22.1 Å². The third-order valence-corrected chi connectivity index (χ3v) is 4.40. The van der Waals surface area contributed by atoms with E-state index >= 15 is 0 Å². The summed E-state index contributed by atoms with van der Waals surface area (Å²) in [5, 5.41) is 3.46. The molecule has 1 amide bonds. The van der Waals surface area contributed by atoms with E-state index < -0.39 is 0 Å². The molecule has 1 unspecified atom stereocenters. The van der Waals surface area contributed by atoms with Gasteiger partial charge in [0, 0.05) is 18.1 Å². The van der Waals surface area contributed by atoms with Gasteiger partial charge in [-0.2, -0.15) is 0 Å². The first-order chi connectivity index (χ1) is 11.6. The number of anilines is 2. The summed E-state index contributed by atoms with van der Waals surface area (Å²) in [6, 6.07) is 5.55. The van der Waals surface area contributed by atoms with E-state index in [-0.39, 0.29) is 18.1 Å². The number of nitrogens with two attached hydrogens (primary N) is 1. The topological polar surface area (TPSA) is 84.4 Å². The summed E-state index contributed by atoms with van der Waals surface area (Å²) in [6.07, 6.45) is 3.68. The average molecular weight is 349 g/mol. The number of hydrogen-bond donors (Lipinski definition) is 2. The number of hydrogen-bond acceptors (Lipinski definition) is 5. The zero-order valence-electron chi connectivity index (χ0n) is 13.6. The second kappa shape index (κ2) is 7.23. The van der Waals surface area contributed by atoms with Crippen molar-refractivity contribution in [2.24, 2.45) is 11.7 Å². The van der Waals surface area contributed by atoms with Gasteiger partial charge in [-0.15, -0.1) is 0 Å². The highest BCUT2D eigenvalue weighted by Gasteiger charge is 2.21. The van der Waals surface area contributed by atoms with Crippen molar-refractivity contribution in [2.75, 3.05) is 23.3 Å². The molecule has 1 aromatic carbocycles. The molecule has 1 aliphatic rings. The van der Waals surface area contributed by atoms with E-state index in [0.717, 1.165) is 25.2 Å². The number of oxazole rings is 1. The largest absolute Gasteiger partial charge is 0.447 e. The summed E-state index contributed by atoms with van der Waals surface area (Å²) in [5.74, 6) is 0.615. The lowest BCUT2D eigenvalue weighted by atomic mass is 9.99. The number of carbonyl (C=O) groups excluding carboxylic acids is 1. The van der Waals surface area contributed by atoms with Crippen LogP contribution < -0.4 is 16.0 Å². The summed E-state index contributed by atoms with van der Waals surface area (Å²) >= 11 is 6.12. The van der Waals surface area contributed by atoms with Crippen molar-refractivity contribution in [3.63, 3.8) is 0 Å². The van der Waals surface area contributed by atoms with Crippen molar-refractivity contribution in [1.29, 1.82) is 0 Å². The third kappa shape index (κ3) is 3.71. The first kappa shape index (κ1) is 16.8. The average Bonchev–Trinajstić information content (AvgIpc) is 3.04. The molecule has 0 bridgehead atoms. The van der Waals surface area contributed by atoms with Crippen molar-refractivity contribution in [2.45, 2.75) is 26.3 Å². The maximum atomic E-state index is 12.4. The molecule has 0 spiro atoms. The van der Waals surface area contributed by atoms with Crippen LogP contribution in [0.3, 0.4) is 0 Å². The normalized spacial score (nSPS) is 17.8. The number of benzene rings is 1. The molecular weight excluding hydrogens is 328 g/mol. The zero-order valence-corrected chi connectivity index (χ0v) is 14.3. The van der Waals surface area contributed by atoms with Crippen LogP contribution in [-0.4, -0.2) is 24.0 Å². The number of nitrogens with zero attached hydrogens (tertiary/aromatic N) is 2. The van der Waals surface area contributed by atoms with Crippen molar-refractivity contribution in [1.82, 2.24) is 4.98 Å². The summed E-state index contributed by atoms with van der Waals surface area (Å²) in [4.78, 5) is 18.8. The van der Waals surface area contributed by atoms with Gasteiger partial charge in [-0.25, -0.2) is 4.98 Å². The monoisotopic (exact) mass is 348 g/mol. The number of amides is 1. The number of halogens is 1. The SMILES string of the molecule is CC1CCCN(c2ccc(Cl)cc2NC(=O)c2coc(CN)n2)C1. The molecule has 1 aliphatic heterocycles. The third-order valence-electron chi connectivity index (χ3n) is 4.16. The Morgan fingerprint density at radius 3 is 3.08 bits per heavy atom. The highest BCUT2D eigenvalue weighted by atomic mass is 35.5. The highest BCUT2D eigenvalue weighted by molar-refractivity contribution is 6.31. The smallest absolute Gasteiger partial charge is 0.277 e. The van der Waals surface area contributed by atoms with Crippen LogP contribution in [0.4, 0.5) is 11.4 Å². The van der Waals surface area contributed by atoms with Gasteiger partial charge in [0.1, 0.15) is 6.26 Å². The van der Waals surface area contributed by atoms with E-state index in [1.165, 1.54) is 12.7 Å². The Kier molecular flexibility index (Phi) is 5.06. The predicted molar refractivity (Wildman–Crippen MR) is 94.4 cm³/mol. The molecule has 128 valence electrons. The van der Waals surface area contributed by atoms with Crippen molar-refractivity contribution < 1.29 is 9.21 Å². The van der Waals surface area contributed by atoms with Crippen LogP contribution in [0, 0.1) is 5.92 Å². The molecule has 2 aromatic rings. The minimum Gasteiger partial charge on any atom is -0.447 e. The van der Waals surface area contributed by atoms with Crippen molar-refractivity contribution in [3.8, 4) is 0 Å². The molecule has 3 rings (SSSR count). The second-order valence-electron chi connectivity index (χ2n) is 6.14. The molecule has 1 atom stereocenters. The molecule has 0 saturated carbocycles. The van der Waals surface area contributed by atoms with E-state index in [4.69, 9.17) is 21.8 Å². The zero-order chi connectivity index (χ0) is 17.1. The molecule has 7 heteroatoms. The van der Waals surface area contributed by atoms with Crippen LogP contribution in [-0.2, 0) is 6.54 Å². The Labute approximate surface area is 146 Å². The first-order valence-electron chi connectivity index (χ1n) is 8.07. The van der Waals surface area contributed by atoms with Gasteiger partial charge < -0.3 is 20.4 Å². The fraction of sp³-hybridized carbons (Fsp3) is 0.412. The van der Waals surface area contributed by atoms with Gasteiger partial charge in [-0.1, -0.05) is 18.5 Å². The lowest BCUT2D eigenvalue weighted by Crippen LogP contribution is -2.34. The molecule has 3 N–H and O–H groups in total. The Hall–Kier alpha value is -2.05. The molecular formula is C17H21ClN4O2. The van der Waals surface area contributed by atoms with E-state index in [0.29, 0.717) is 22.5 Å². The molecule has 2 heterocycles. The molecule has 6 nitrogen and oxygen atoms in total. The van der Waals surface area contributed by atoms with Crippen LogP contribution in [0.1, 0.15) is 36.1 Å². The fourth-order valence-electron chi connectivity index (χ4n) is 2.99. The minimum atomic E-state index is -0.341. The Bertz CT molecular complexity index is 731. The Morgan fingerprint density at radius 1 is 1.54 bits per heavy atom. The van der Waals surface area contributed by atoms with Crippen LogP contribution in [0.25, 0.3) is 0 Å². The van der Waals surface area contributed by atoms with Gasteiger partial charge in [-0.05, 0) is 37.0 Å². The van der Waals surface area contributed by atoms with Gasteiger partial charge in [-0.3, -0.25) is 4.79 Å². The van der Waals surface area contributed by atoms with E-state index in [1.54, 1.807) is 6.07 Å². The van der Waals surface area contributed by atoms with E-state index in [9.17, 15) is 4.79 Å².